The Balaban J connectivity index is 2.79. The highest BCUT2D eigenvalue weighted by Gasteiger charge is 2.39. The highest BCUT2D eigenvalue weighted by atomic mass is 19.4. The number of fused-ring (bicyclic) bond motifs is 1. The maximum Gasteiger partial charge on any atom is 0.432 e. The quantitative estimate of drug-likeness (QED) is 0.856. The van der Waals surface area contributed by atoms with E-state index in [4.69, 9.17) is 4.74 Å². The minimum absolute atomic E-state index is 0.110. The summed E-state index contributed by atoms with van der Waals surface area (Å²) in [5, 5.41) is 0.110. The lowest BCUT2D eigenvalue weighted by molar-refractivity contribution is -0.141. The van der Waals surface area contributed by atoms with Crippen molar-refractivity contribution in [2.24, 2.45) is 0 Å². The molecular weight excluding hydrogens is 263 g/mol. The van der Waals surface area contributed by atoms with Gasteiger partial charge in [-0.05, 0) is 18.2 Å². The highest BCUT2D eigenvalue weighted by Crippen LogP contribution is 2.36. The van der Waals surface area contributed by atoms with Crippen molar-refractivity contribution < 1.29 is 27.4 Å². The number of carbonyl (C=O) groups is 1. The van der Waals surface area contributed by atoms with E-state index in [1.165, 1.54) is 25.3 Å². The molecule has 1 aromatic heterocycles. The van der Waals surface area contributed by atoms with Gasteiger partial charge in [0.1, 0.15) is 11.4 Å². The lowest BCUT2D eigenvalue weighted by Gasteiger charge is -2.06. The number of hydrogen-bond acceptors (Lipinski definition) is 3. The Morgan fingerprint density at radius 2 is 1.95 bits per heavy atom. The molecular formula is C12H10F3NO3. The molecule has 0 saturated heterocycles. The SMILES string of the molecule is COC(=O)c1c(C(F)(F)F)[nH]c2ccc(OC)cc12. The Labute approximate surface area is 106 Å². The molecule has 4 nitrogen and oxygen atoms in total. The number of benzene rings is 1. The van der Waals surface area contributed by atoms with Crippen LogP contribution < -0.4 is 4.74 Å². The number of hydrogen-bond donors (Lipinski definition) is 1. The molecule has 7 heteroatoms. The van der Waals surface area contributed by atoms with Crippen LogP contribution >= 0.6 is 0 Å². The van der Waals surface area contributed by atoms with E-state index in [2.05, 4.69) is 9.72 Å². The third-order valence-electron chi connectivity index (χ3n) is 2.68. The summed E-state index contributed by atoms with van der Waals surface area (Å²) in [6.45, 7) is 0. The van der Waals surface area contributed by atoms with Gasteiger partial charge in [0, 0.05) is 10.9 Å². The molecule has 0 saturated carbocycles. The summed E-state index contributed by atoms with van der Waals surface area (Å²) in [6.07, 6.45) is -4.67. The molecule has 102 valence electrons. The van der Waals surface area contributed by atoms with Crippen LogP contribution in [0.1, 0.15) is 16.1 Å². The predicted molar refractivity (Wildman–Crippen MR) is 61.2 cm³/mol. The number of aromatic nitrogens is 1. The summed E-state index contributed by atoms with van der Waals surface area (Å²) >= 11 is 0. The van der Waals surface area contributed by atoms with Crippen LogP contribution in [0.25, 0.3) is 10.9 Å². The predicted octanol–water partition coefficient (Wildman–Crippen LogP) is 2.98. The molecule has 0 atom stereocenters. The van der Waals surface area contributed by atoms with Crippen molar-refractivity contribution in [1.29, 1.82) is 0 Å². The van der Waals surface area contributed by atoms with Crippen molar-refractivity contribution in [1.82, 2.24) is 4.98 Å². The zero-order valence-corrected chi connectivity index (χ0v) is 10.1. The Morgan fingerprint density at radius 1 is 1.26 bits per heavy atom. The first-order chi connectivity index (χ1) is 8.88. The third kappa shape index (κ3) is 2.23. The molecule has 0 bridgehead atoms. The summed E-state index contributed by atoms with van der Waals surface area (Å²) in [6, 6.07) is 4.27. The summed E-state index contributed by atoms with van der Waals surface area (Å²) in [5.41, 5.74) is -1.47. The standard InChI is InChI=1S/C12H10F3NO3/c1-18-6-3-4-8-7(5-6)9(11(17)19-2)10(16-8)12(13,14)15/h3-5,16H,1-2H3. The largest absolute Gasteiger partial charge is 0.497 e. The smallest absolute Gasteiger partial charge is 0.432 e. The normalized spacial score (nSPS) is 11.6. The lowest BCUT2D eigenvalue weighted by Crippen LogP contribution is -2.13. The topological polar surface area (TPSA) is 51.3 Å². The van der Waals surface area contributed by atoms with Gasteiger partial charge in [0.15, 0.2) is 0 Å². The number of nitrogens with one attached hydrogen (secondary N) is 1. The number of methoxy groups -OCH3 is 2. The molecule has 0 unspecified atom stereocenters. The van der Waals surface area contributed by atoms with Crippen LogP contribution in [0.2, 0.25) is 0 Å². The number of H-pyrrole nitrogens is 1. The molecule has 1 heterocycles. The van der Waals surface area contributed by atoms with E-state index in [9.17, 15) is 18.0 Å². The molecule has 0 aliphatic rings. The first kappa shape index (κ1) is 13.3. The van der Waals surface area contributed by atoms with E-state index in [0.29, 0.717) is 5.75 Å². The second-order valence-corrected chi connectivity index (χ2v) is 3.78. The van der Waals surface area contributed by atoms with Crippen molar-refractivity contribution in [3.05, 3.63) is 29.5 Å². The van der Waals surface area contributed by atoms with Gasteiger partial charge >= 0.3 is 12.1 Å². The summed E-state index contributed by atoms with van der Waals surface area (Å²) in [5.74, 6) is -0.697. The fraction of sp³-hybridized carbons (Fsp3) is 0.250. The number of ether oxygens (including phenoxy) is 2. The highest BCUT2D eigenvalue weighted by molar-refractivity contribution is 6.06. The van der Waals surface area contributed by atoms with E-state index >= 15 is 0 Å². The Morgan fingerprint density at radius 3 is 2.47 bits per heavy atom. The van der Waals surface area contributed by atoms with Crippen molar-refractivity contribution in [3.63, 3.8) is 0 Å². The van der Waals surface area contributed by atoms with Gasteiger partial charge in [0.05, 0.1) is 19.8 Å². The molecule has 19 heavy (non-hydrogen) atoms. The van der Waals surface area contributed by atoms with Gasteiger partial charge in [-0.1, -0.05) is 0 Å². The fourth-order valence-electron chi connectivity index (χ4n) is 1.82. The number of halogens is 3. The maximum atomic E-state index is 12.9. The Hall–Kier alpha value is -2.18. The first-order valence-corrected chi connectivity index (χ1v) is 5.23. The van der Waals surface area contributed by atoms with Gasteiger partial charge in [-0.3, -0.25) is 0 Å². The van der Waals surface area contributed by atoms with Gasteiger partial charge in [-0.25, -0.2) is 4.79 Å². The van der Waals surface area contributed by atoms with Crippen LogP contribution in [0.3, 0.4) is 0 Å². The van der Waals surface area contributed by atoms with E-state index < -0.39 is 23.4 Å². The monoisotopic (exact) mass is 273 g/mol. The van der Waals surface area contributed by atoms with E-state index in [-0.39, 0.29) is 10.9 Å². The zero-order valence-electron chi connectivity index (χ0n) is 10.1. The van der Waals surface area contributed by atoms with Gasteiger partial charge in [-0.2, -0.15) is 13.2 Å². The fourth-order valence-corrected chi connectivity index (χ4v) is 1.82. The molecule has 2 aromatic rings. The van der Waals surface area contributed by atoms with Crippen molar-refractivity contribution >= 4 is 16.9 Å². The molecule has 0 aliphatic heterocycles. The second kappa shape index (κ2) is 4.49. The molecule has 2 rings (SSSR count). The molecule has 0 spiro atoms. The average Bonchev–Trinajstić information content (AvgIpc) is 2.75. The average molecular weight is 273 g/mol. The molecule has 0 fully saturated rings. The second-order valence-electron chi connectivity index (χ2n) is 3.78. The zero-order chi connectivity index (χ0) is 14.2. The van der Waals surface area contributed by atoms with Gasteiger partial charge in [-0.15, -0.1) is 0 Å². The summed E-state index contributed by atoms with van der Waals surface area (Å²) < 4.78 is 48.0. The number of rotatable bonds is 2. The van der Waals surface area contributed by atoms with Crippen molar-refractivity contribution in [2.45, 2.75) is 6.18 Å². The maximum absolute atomic E-state index is 12.9. The minimum Gasteiger partial charge on any atom is -0.497 e. The molecule has 1 N–H and O–H groups in total. The number of alkyl halides is 3. The van der Waals surface area contributed by atoms with E-state index in [1.54, 1.807) is 0 Å². The molecule has 0 aliphatic carbocycles. The van der Waals surface area contributed by atoms with Crippen molar-refractivity contribution in [2.75, 3.05) is 14.2 Å². The number of esters is 1. The van der Waals surface area contributed by atoms with Gasteiger partial charge < -0.3 is 14.5 Å². The van der Waals surface area contributed by atoms with Crippen molar-refractivity contribution in [3.8, 4) is 5.75 Å². The third-order valence-corrected chi connectivity index (χ3v) is 2.68. The minimum atomic E-state index is -4.67. The Kier molecular flexibility index (Phi) is 3.13. The van der Waals surface area contributed by atoms with E-state index in [0.717, 1.165) is 7.11 Å². The van der Waals surface area contributed by atoms with Gasteiger partial charge in [0.2, 0.25) is 0 Å². The van der Waals surface area contributed by atoms with Crippen LogP contribution in [-0.2, 0) is 10.9 Å². The van der Waals surface area contributed by atoms with Gasteiger partial charge in [0.25, 0.3) is 0 Å². The Bertz CT molecular complexity index is 631. The number of carbonyl (C=O) groups excluding carboxylic acids is 1. The molecule has 0 radical (unpaired) electrons. The molecule has 1 aromatic carbocycles. The first-order valence-electron chi connectivity index (χ1n) is 5.23. The van der Waals surface area contributed by atoms with Crippen LogP contribution in [-0.4, -0.2) is 25.2 Å². The van der Waals surface area contributed by atoms with E-state index in [1.807, 2.05) is 0 Å². The van der Waals surface area contributed by atoms with Crippen LogP contribution in [0.15, 0.2) is 18.2 Å². The summed E-state index contributed by atoms with van der Waals surface area (Å²) in [7, 11) is 2.41. The van der Waals surface area contributed by atoms with Crippen LogP contribution in [0.5, 0.6) is 5.75 Å². The summed E-state index contributed by atoms with van der Waals surface area (Å²) in [4.78, 5) is 13.8. The van der Waals surface area contributed by atoms with Crippen LogP contribution in [0, 0.1) is 0 Å². The van der Waals surface area contributed by atoms with Crippen LogP contribution in [0.4, 0.5) is 13.2 Å². The lowest BCUT2D eigenvalue weighted by atomic mass is 10.1. The molecule has 0 amide bonds. The number of aromatic amines is 1.